The average Bonchev–Trinajstić information content (AvgIpc) is 2.56. The highest BCUT2D eigenvalue weighted by Gasteiger charge is 2.13. The number of aromatic hydroxyl groups is 1. The molecule has 0 atom stereocenters. The largest absolute Gasteiger partial charge is 0.508 e. The molecular weight excluding hydrogens is 280 g/mol. The summed E-state index contributed by atoms with van der Waals surface area (Å²) in [6, 6.07) is 14.9. The summed E-state index contributed by atoms with van der Waals surface area (Å²) in [5.74, 6) is -0.640. The molecule has 2 aromatic rings. The summed E-state index contributed by atoms with van der Waals surface area (Å²) < 4.78 is 0. The Morgan fingerprint density at radius 1 is 1.00 bits per heavy atom. The Kier molecular flexibility index (Phi) is 4.93. The zero-order valence-corrected chi connectivity index (χ0v) is 12.0. The molecule has 0 heterocycles. The van der Waals surface area contributed by atoms with E-state index in [9.17, 15) is 14.7 Å². The quantitative estimate of drug-likeness (QED) is 0.754. The van der Waals surface area contributed by atoms with Crippen molar-refractivity contribution in [3.05, 3.63) is 71.4 Å². The Balaban J connectivity index is 2.25. The van der Waals surface area contributed by atoms with Crippen LogP contribution in [0.15, 0.2) is 60.3 Å². The van der Waals surface area contributed by atoms with E-state index in [0.29, 0.717) is 11.1 Å². The first-order valence-electron chi connectivity index (χ1n) is 6.69. The van der Waals surface area contributed by atoms with Gasteiger partial charge in [0.25, 0.3) is 11.8 Å². The highest BCUT2D eigenvalue weighted by molar-refractivity contribution is 6.05. The van der Waals surface area contributed by atoms with Gasteiger partial charge in [-0.1, -0.05) is 30.3 Å². The Hall–Kier alpha value is -3.08. The Morgan fingerprint density at radius 3 is 2.23 bits per heavy atom. The Labute approximate surface area is 128 Å². The molecule has 0 spiro atoms. The number of phenols is 1. The molecule has 2 aromatic carbocycles. The van der Waals surface area contributed by atoms with Crippen LogP contribution in [0.25, 0.3) is 6.08 Å². The molecule has 0 fully saturated rings. The van der Waals surface area contributed by atoms with Crippen molar-refractivity contribution < 1.29 is 14.7 Å². The normalized spacial score (nSPS) is 10.9. The third-order valence-corrected chi connectivity index (χ3v) is 2.96. The summed E-state index contributed by atoms with van der Waals surface area (Å²) in [5, 5.41) is 14.3. The first-order chi connectivity index (χ1) is 10.6. The van der Waals surface area contributed by atoms with Gasteiger partial charge in [0.05, 0.1) is 0 Å². The van der Waals surface area contributed by atoms with Crippen LogP contribution in [0.4, 0.5) is 0 Å². The fraction of sp³-hybridized carbons (Fsp3) is 0.0588. The summed E-state index contributed by atoms with van der Waals surface area (Å²) in [4.78, 5) is 24.1. The van der Waals surface area contributed by atoms with Gasteiger partial charge in [-0.05, 0) is 35.9 Å². The molecule has 5 heteroatoms. The van der Waals surface area contributed by atoms with Crippen molar-refractivity contribution in [2.45, 2.75) is 0 Å². The van der Waals surface area contributed by atoms with E-state index >= 15 is 0 Å². The van der Waals surface area contributed by atoms with E-state index in [0.717, 1.165) is 0 Å². The second kappa shape index (κ2) is 7.08. The molecular formula is C17H16N2O3. The molecule has 2 rings (SSSR count). The minimum Gasteiger partial charge on any atom is -0.508 e. The van der Waals surface area contributed by atoms with E-state index in [1.165, 1.54) is 19.2 Å². The van der Waals surface area contributed by atoms with Gasteiger partial charge in [-0.25, -0.2) is 0 Å². The molecule has 0 saturated carbocycles. The molecule has 0 aliphatic heterocycles. The van der Waals surface area contributed by atoms with Gasteiger partial charge in [0.2, 0.25) is 0 Å². The van der Waals surface area contributed by atoms with Crippen molar-refractivity contribution in [1.29, 1.82) is 0 Å². The predicted molar refractivity (Wildman–Crippen MR) is 84.1 cm³/mol. The fourth-order valence-electron chi connectivity index (χ4n) is 1.81. The lowest BCUT2D eigenvalue weighted by Gasteiger charge is -2.09. The molecule has 2 amide bonds. The fourth-order valence-corrected chi connectivity index (χ4v) is 1.81. The highest BCUT2D eigenvalue weighted by atomic mass is 16.3. The molecule has 112 valence electrons. The van der Waals surface area contributed by atoms with Crippen molar-refractivity contribution in [3.63, 3.8) is 0 Å². The van der Waals surface area contributed by atoms with Gasteiger partial charge in [0, 0.05) is 12.6 Å². The maximum absolute atomic E-state index is 12.1. The van der Waals surface area contributed by atoms with Crippen LogP contribution in [0.1, 0.15) is 15.9 Å². The summed E-state index contributed by atoms with van der Waals surface area (Å²) >= 11 is 0. The van der Waals surface area contributed by atoms with Crippen molar-refractivity contribution in [3.8, 4) is 5.75 Å². The number of phenolic OH excluding ortho intramolecular Hbond substituents is 1. The smallest absolute Gasteiger partial charge is 0.267 e. The molecule has 0 bridgehead atoms. The molecule has 0 aromatic heterocycles. The van der Waals surface area contributed by atoms with Gasteiger partial charge in [-0.3, -0.25) is 9.59 Å². The monoisotopic (exact) mass is 296 g/mol. The molecule has 22 heavy (non-hydrogen) atoms. The minimum absolute atomic E-state index is 0.127. The number of nitrogens with one attached hydrogen (secondary N) is 2. The van der Waals surface area contributed by atoms with Crippen molar-refractivity contribution in [2.24, 2.45) is 0 Å². The first-order valence-corrected chi connectivity index (χ1v) is 6.69. The molecule has 0 saturated heterocycles. The number of rotatable bonds is 4. The van der Waals surface area contributed by atoms with Gasteiger partial charge in [-0.2, -0.15) is 0 Å². The van der Waals surface area contributed by atoms with Crippen LogP contribution in [-0.2, 0) is 4.79 Å². The molecule has 5 nitrogen and oxygen atoms in total. The first kappa shape index (κ1) is 15.3. The third kappa shape index (κ3) is 3.96. The molecule has 0 unspecified atom stereocenters. The number of carbonyl (C=O) groups is 2. The summed E-state index contributed by atoms with van der Waals surface area (Å²) in [7, 11) is 1.49. The van der Waals surface area contributed by atoms with Crippen LogP contribution in [0.2, 0.25) is 0 Å². The molecule has 0 aliphatic rings. The van der Waals surface area contributed by atoms with Gasteiger partial charge in [0.1, 0.15) is 11.4 Å². The van der Waals surface area contributed by atoms with E-state index in [1.807, 2.05) is 6.07 Å². The lowest BCUT2D eigenvalue weighted by molar-refractivity contribution is -0.117. The minimum atomic E-state index is -0.405. The van der Waals surface area contributed by atoms with E-state index < -0.39 is 5.91 Å². The van der Waals surface area contributed by atoms with Crippen LogP contribution in [-0.4, -0.2) is 24.0 Å². The molecule has 0 radical (unpaired) electrons. The highest BCUT2D eigenvalue weighted by Crippen LogP contribution is 2.12. The second-order valence-corrected chi connectivity index (χ2v) is 4.55. The maximum atomic E-state index is 12.1. The van der Waals surface area contributed by atoms with Crippen LogP contribution >= 0.6 is 0 Å². The maximum Gasteiger partial charge on any atom is 0.267 e. The summed E-state index contributed by atoms with van der Waals surface area (Å²) in [6.45, 7) is 0. The zero-order chi connectivity index (χ0) is 15.9. The van der Waals surface area contributed by atoms with E-state index in [2.05, 4.69) is 10.6 Å². The van der Waals surface area contributed by atoms with Crippen LogP contribution in [0, 0.1) is 0 Å². The molecule has 3 N–H and O–H groups in total. The Morgan fingerprint density at radius 2 is 1.64 bits per heavy atom. The summed E-state index contributed by atoms with van der Waals surface area (Å²) in [6.07, 6.45) is 1.54. The standard InChI is InChI=1S/C17H16N2O3/c1-18-17(22)15(11-12-7-9-14(20)10-8-12)19-16(21)13-5-3-2-4-6-13/h2-11,20H,1H3,(H,18,22)(H,19,21)/b15-11-. The van der Waals surface area contributed by atoms with E-state index in [1.54, 1.807) is 42.5 Å². The second-order valence-electron chi connectivity index (χ2n) is 4.55. The van der Waals surface area contributed by atoms with Crippen molar-refractivity contribution >= 4 is 17.9 Å². The van der Waals surface area contributed by atoms with Crippen LogP contribution in [0.5, 0.6) is 5.75 Å². The van der Waals surface area contributed by atoms with E-state index in [4.69, 9.17) is 0 Å². The number of hydrogen-bond acceptors (Lipinski definition) is 3. The number of hydrogen-bond donors (Lipinski definition) is 3. The van der Waals surface area contributed by atoms with E-state index in [-0.39, 0.29) is 17.4 Å². The summed E-state index contributed by atoms with van der Waals surface area (Å²) in [5.41, 5.74) is 1.27. The third-order valence-electron chi connectivity index (χ3n) is 2.96. The van der Waals surface area contributed by atoms with Gasteiger partial charge < -0.3 is 15.7 Å². The lowest BCUT2D eigenvalue weighted by Crippen LogP contribution is -2.33. The lowest BCUT2D eigenvalue weighted by atomic mass is 10.1. The Bertz CT molecular complexity index is 692. The molecule has 0 aliphatic carbocycles. The topological polar surface area (TPSA) is 78.4 Å². The zero-order valence-electron chi connectivity index (χ0n) is 12.0. The SMILES string of the molecule is CNC(=O)/C(=C/c1ccc(O)cc1)NC(=O)c1ccccc1. The predicted octanol–water partition coefficient (Wildman–Crippen LogP) is 1.91. The van der Waals surface area contributed by atoms with Crippen LogP contribution in [0.3, 0.4) is 0 Å². The average molecular weight is 296 g/mol. The van der Waals surface area contributed by atoms with Crippen molar-refractivity contribution in [1.82, 2.24) is 10.6 Å². The number of amides is 2. The van der Waals surface area contributed by atoms with Gasteiger partial charge in [0.15, 0.2) is 0 Å². The van der Waals surface area contributed by atoms with Crippen molar-refractivity contribution in [2.75, 3.05) is 7.05 Å². The van der Waals surface area contributed by atoms with Crippen LogP contribution < -0.4 is 10.6 Å². The van der Waals surface area contributed by atoms with Gasteiger partial charge >= 0.3 is 0 Å². The number of benzene rings is 2. The van der Waals surface area contributed by atoms with Gasteiger partial charge in [-0.15, -0.1) is 0 Å². The number of likely N-dealkylation sites (N-methyl/N-ethyl adjacent to an activating group) is 1. The number of carbonyl (C=O) groups excluding carboxylic acids is 2.